The van der Waals surface area contributed by atoms with Crippen LogP contribution >= 0.6 is 0 Å². The largest absolute Gasteiger partial charge is 0.391 e. The van der Waals surface area contributed by atoms with Gasteiger partial charge >= 0.3 is 0 Å². The van der Waals surface area contributed by atoms with Gasteiger partial charge < -0.3 is 86.3 Å². The van der Waals surface area contributed by atoms with E-state index in [-0.39, 0.29) is 76.5 Å². The number of nitrogens with two attached hydrogens (primary N) is 4. The van der Waals surface area contributed by atoms with Gasteiger partial charge in [-0.15, -0.1) is 0 Å². The molecule has 1 aliphatic heterocycles. The zero-order chi connectivity index (χ0) is 58.8. The number of hydrogen-bond acceptors (Lipinski definition) is 16. The maximum Gasteiger partial charge on any atom is 0.245 e. The molecule has 79 heavy (non-hydrogen) atoms. The third-order valence-electron chi connectivity index (χ3n) is 14.0. The molecule has 1 heterocycles. The average molecular weight is 1120 g/mol. The lowest BCUT2D eigenvalue weighted by Crippen LogP contribution is -2.61. The number of nitrogens with one attached hydrogen (secondary N) is 10. The topological polar surface area (TPSA) is 436 Å². The Morgan fingerprint density at radius 1 is 0.595 bits per heavy atom. The first-order valence-corrected chi connectivity index (χ1v) is 27.8. The summed E-state index contributed by atoms with van der Waals surface area (Å²) in [5.41, 5.74) is 24.2. The van der Waals surface area contributed by atoms with Gasteiger partial charge in [0.1, 0.15) is 54.4 Å². The number of rotatable bonds is 22. The Balaban J connectivity index is 2.08. The van der Waals surface area contributed by atoms with Crippen LogP contribution in [0.1, 0.15) is 117 Å². The van der Waals surface area contributed by atoms with Crippen molar-refractivity contribution >= 4 is 59.1 Å². The molecule has 10 amide bonds. The van der Waals surface area contributed by atoms with E-state index in [2.05, 4.69) is 60.1 Å². The Hall–Kier alpha value is -6.32. The number of aliphatic hydroxyl groups is 2. The first-order chi connectivity index (χ1) is 37.6. The summed E-state index contributed by atoms with van der Waals surface area (Å²) in [6.07, 6.45) is 0.969. The molecule has 0 aromatic heterocycles. The van der Waals surface area contributed by atoms with Gasteiger partial charge in [0.2, 0.25) is 59.1 Å². The standard InChI is InChI=1S/C53H90N14O12/c1-6-10-32-13-15-34(16-14-32)44(70)66-43(31(5)69)53(79)63-37(19-24-56)46(72)62-39-21-26-58-52(78)42(30(4)68)67-49(75)38(20-25-57)60-45(71)35(17-22-54)61-50(76)40(27-29(2)3)64-51(77)41(28-33-11-8-7-9-12-33)65-47(73)36(18-23-55)59-48(39)74/h7-9,11-12,29-32,34-43,68-69H,6,10,13-28,54-57H2,1-5H3,(H,58,78)(H,59,74)(H,60,71)(H,61,76)(H,62,72)(H,63,79)(H,64,77)(H,65,73)(H,66,70)(H,67,75)/t30-,31-,32?,34?,35+,36?,37+,38+,39?,40+,41-,42?,43+/m1/s1. The van der Waals surface area contributed by atoms with Gasteiger partial charge in [-0.3, -0.25) is 47.9 Å². The van der Waals surface area contributed by atoms with E-state index in [4.69, 9.17) is 22.9 Å². The van der Waals surface area contributed by atoms with E-state index >= 15 is 0 Å². The number of hydrogen-bond donors (Lipinski definition) is 16. The zero-order valence-corrected chi connectivity index (χ0v) is 46.5. The minimum Gasteiger partial charge on any atom is -0.391 e. The lowest BCUT2D eigenvalue weighted by Gasteiger charge is -2.30. The molecule has 3 unspecified atom stereocenters. The highest BCUT2D eigenvalue weighted by atomic mass is 16.3. The summed E-state index contributed by atoms with van der Waals surface area (Å²) in [6, 6.07) is -4.42. The molecule has 2 aliphatic rings. The summed E-state index contributed by atoms with van der Waals surface area (Å²) in [5, 5.41) is 47.4. The second-order valence-electron chi connectivity index (χ2n) is 21.1. The summed E-state index contributed by atoms with van der Waals surface area (Å²) in [7, 11) is 0. The highest BCUT2D eigenvalue weighted by Gasteiger charge is 2.38. The second-order valence-corrected chi connectivity index (χ2v) is 21.1. The van der Waals surface area contributed by atoms with Gasteiger partial charge in [-0.2, -0.15) is 0 Å². The van der Waals surface area contributed by atoms with E-state index in [1.807, 2.05) is 0 Å². The van der Waals surface area contributed by atoms with Crippen LogP contribution in [0.15, 0.2) is 30.3 Å². The summed E-state index contributed by atoms with van der Waals surface area (Å²) >= 11 is 0. The highest BCUT2D eigenvalue weighted by Crippen LogP contribution is 2.31. The van der Waals surface area contributed by atoms with E-state index in [1.165, 1.54) is 13.8 Å². The maximum absolute atomic E-state index is 14.5. The van der Waals surface area contributed by atoms with Crippen molar-refractivity contribution in [3.63, 3.8) is 0 Å². The van der Waals surface area contributed by atoms with E-state index < -0.39 is 139 Å². The SMILES string of the molecule is CCCC1CCC(C(=O)N[C@H](C(=O)N[C@@H](CCN)C(=O)NC2CCNC(=O)C([C@@H](C)O)NC(=O)[C@H](CCN)NC(=O)[C@H](CCN)NC(=O)[C@H](CC(C)C)NC(=O)[C@@H](Cc3ccccc3)NC(=O)C(CCN)NC2=O)[C@@H](C)O)CC1. The van der Waals surface area contributed by atoms with Crippen LogP contribution in [-0.4, -0.2) is 169 Å². The first-order valence-electron chi connectivity index (χ1n) is 27.8. The van der Waals surface area contributed by atoms with Crippen molar-refractivity contribution in [1.29, 1.82) is 0 Å². The summed E-state index contributed by atoms with van der Waals surface area (Å²) in [4.78, 5) is 140. The molecule has 1 aromatic rings. The predicted molar refractivity (Wildman–Crippen MR) is 293 cm³/mol. The first kappa shape index (κ1) is 67.0. The van der Waals surface area contributed by atoms with Gasteiger partial charge in [0.05, 0.1) is 12.2 Å². The number of aliphatic hydroxyl groups excluding tert-OH is 2. The van der Waals surface area contributed by atoms with Gasteiger partial charge in [-0.05, 0) is 122 Å². The van der Waals surface area contributed by atoms with Crippen LogP contribution in [0.2, 0.25) is 0 Å². The van der Waals surface area contributed by atoms with E-state index in [9.17, 15) is 58.2 Å². The molecule has 0 radical (unpaired) electrons. The minimum atomic E-state index is -1.66. The predicted octanol–water partition coefficient (Wildman–Crippen LogP) is -4.08. The summed E-state index contributed by atoms with van der Waals surface area (Å²) in [5.74, 6) is -8.55. The Kier molecular flexibility index (Phi) is 29.4. The van der Waals surface area contributed by atoms with Gasteiger partial charge in [-0.1, -0.05) is 63.9 Å². The van der Waals surface area contributed by atoms with Gasteiger partial charge in [0, 0.05) is 18.9 Å². The number of carbonyl (C=O) groups is 10. The molecular weight excluding hydrogens is 1020 g/mol. The molecule has 1 saturated heterocycles. The van der Waals surface area contributed by atoms with Gasteiger partial charge in [-0.25, -0.2) is 0 Å². The van der Waals surface area contributed by atoms with Crippen LogP contribution in [0, 0.1) is 17.8 Å². The van der Waals surface area contributed by atoms with E-state index in [1.54, 1.807) is 44.2 Å². The quantitative estimate of drug-likeness (QED) is 0.0525. The second kappa shape index (κ2) is 34.6. The molecule has 0 spiro atoms. The average Bonchev–Trinajstić information content (AvgIpc) is 3.40. The summed E-state index contributed by atoms with van der Waals surface area (Å²) < 4.78 is 0. The van der Waals surface area contributed by atoms with Crippen molar-refractivity contribution < 1.29 is 58.2 Å². The highest BCUT2D eigenvalue weighted by molar-refractivity contribution is 5.99. The lowest BCUT2D eigenvalue weighted by molar-refractivity contribution is -0.137. The fourth-order valence-corrected chi connectivity index (χ4v) is 9.57. The van der Waals surface area contributed by atoms with Crippen LogP contribution in [0.3, 0.4) is 0 Å². The molecule has 1 saturated carbocycles. The molecule has 2 fully saturated rings. The Morgan fingerprint density at radius 3 is 1.61 bits per heavy atom. The van der Waals surface area contributed by atoms with Gasteiger partial charge in [0.25, 0.3) is 0 Å². The molecule has 1 aliphatic carbocycles. The normalized spacial score (nSPS) is 26.0. The molecule has 26 nitrogen and oxygen atoms in total. The number of benzene rings is 1. The summed E-state index contributed by atoms with van der Waals surface area (Å²) in [6.45, 7) is 7.25. The van der Waals surface area contributed by atoms with E-state index in [0.717, 1.165) is 25.7 Å². The van der Waals surface area contributed by atoms with Crippen LogP contribution < -0.4 is 76.1 Å². The smallest absolute Gasteiger partial charge is 0.245 e. The van der Waals surface area contributed by atoms with Crippen LogP contribution in [0.4, 0.5) is 0 Å². The van der Waals surface area contributed by atoms with Gasteiger partial charge in [0.15, 0.2) is 0 Å². The zero-order valence-electron chi connectivity index (χ0n) is 46.5. The van der Waals surface area contributed by atoms with Crippen molar-refractivity contribution in [2.24, 2.45) is 40.7 Å². The maximum atomic E-state index is 14.5. The Morgan fingerprint density at radius 2 is 1.10 bits per heavy atom. The molecule has 0 bridgehead atoms. The fourth-order valence-electron chi connectivity index (χ4n) is 9.57. The van der Waals surface area contributed by atoms with Crippen LogP contribution in [-0.2, 0) is 54.4 Å². The number of amides is 10. The van der Waals surface area contributed by atoms with Crippen molar-refractivity contribution in [2.45, 2.75) is 185 Å². The number of carbonyl (C=O) groups excluding carboxylic acids is 10. The molecule has 3 rings (SSSR count). The molecule has 20 N–H and O–H groups in total. The Labute approximate surface area is 463 Å². The van der Waals surface area contributed by atoms with Crippen LogP contribution in [0.5, 0.6) is 0 Å². The fraction of sp³-hybridized carbons (Fsp3) is 0.698. The molecular formula is C53H90N14O12. The van der Waals surface area contributed by atoms with Crippen molar-refractivity contribution in [1.82, 2.24) is 53.2 Å². The molecule has 26 heteroatoms. The molecule has 1 aromatic carbocycles. The molecule has 444 valence electrons. The van der Waals surface area contributed by atoms with Crippen molar-refractivity contribution in [3.8, 4) is 0 Å². The van der Waals surface area contributed by atoms with E-state index in [0.29, 0.717) is 24.3 Å². The van der Waals surface area contributed by atoms with Crippen molar-refractivity contribution in [2.75, 3.05) is 32.7 Å². The molecule has 11 atom stereocenters. The third-order valence-corrected chi connectivity index (χ3v) is 14.0. The van der Waals surface area contributed by atoms with Crippen molar-refractivity contribution in [3.05, 3.63) is 35.9 Å². The third kappa shape index (κ3) is 22.4. The lowest BCUT2D eigenvalue weighted by atomic mass is 9.79. The monoisotopic (exact) mass is 1110 g/mol. The minimum absolute atomic E-state index is 0.0635. The van der Waals surface area contributed by atoms with Crippen LogP contribution in [0.25, 0.3) is 0 Å². The Bertz CT molecular complexity index is 2160.